The van der Waals surface area contributed by atoms with Crippen LogP contribution in [0, 0.1) is 6.92 Å². The van der Waals surface area contributed by atoms with E-state index in [1.807, 2.05) is 12.1 Å². The monoisotopic (exact) mass is 464 g/mol. The van der Waals surface area contributed by atoms with Crippen molar-refractivity contribution in [1.29, 1.82) is 0 Å². The highest BCUT2D eigenvalue weighted by molar-refractivity contribution is 7.90. The van der Waals surface area contributed by atoms with Crippen LogP contribution in [0.4, 0.5) is 0 Å². The number of aldehydes is 1. The van der Waals surface area contributed by atoms with Crippen molar-refractivity contribution in [2.24, 2.45) is 0 Å². The SMILES string of the molecule is Cc1ccc(OCC=O)c(C2CCC(OC[C@@H]3NCCC[C@@H]3NS(=O)(=O)C3CC3)CC2)c1. The Labute approximate surface area is 191 Å². The fraction of sp³-hybridized carbons (Fsp3) is 0.708. The third kappa shape index (κ3) is 6.10. The highest BCUT2D eigenvalue weighted by Gasteiger charge is 2.39. The predicted octanol–water partition coefficient (Wildman–Crippen LogP) is 2.82. The average Bonchev–Trinajstić information content (AvgIpc) is 3.64. The van der Waals surface area contributed by atoms with E-state index in [2.05, 4.69) is 23.0 Å². The summed E-state index contributed by atoms with van der Waals surface area (Å²) in [7, 11) is -3.19. The second-order valence-corrected chi connectivity index (χ2v) is 11.5. The fourth-order valence-electron chi connectivity index (χ4n) is 4.98. The molecular weight excluding hydrogens is 428 g/mol. The zero-order chi connectivity index (χ0) is 22.6. The number of carbonyl (C=O) groups excluding carboxylic acids is 1. The van der Waals surface area contributed by atoms with E-state index in [9.17, 15) is 13.2 Å². The summed E-state index contributed by atoms with van der Waals surface area (Å²) in [4.78, 5) is 10.7. The molecule has 0 amide bonds. The topological polar surface area (TPSA) is 93.7 Å². The summed E-state index contributed by atoms with van der Waals surface area (Å²) < 4.78 is 39.7. The van der Waals surface area contributed by atoms with Crippen LogP contribution in [0.1, 0.15) is 68.4 Å². The second kappa shape index (κ2) is 10.6. The maximum Gasteiger partial charge on any atom is 0.214 e. The van der Waals surface area contributed by atoms with E-state index in [4.69, 9.17) is 9.47 Å². The Balaban J connectivity index is 1.28. The van der Waals surface area contributed by atoms with Crippen molar-refractivity contribution in [3.63, 3.8) is 0 Å². The fourth-order valence-corrected chi connectivity index (χ4v) is 6.63. The lowest BCUT2D eigenvalue weighted by Gasteiger charge is -2.35. The number of rotatable bonds is 10. The summed E-state index contributed by atoms with van der Waals surface area (Å²) in [6, 6.07) is 6.09. The van der Waals surface area contributed by atoms with E-state index >= 15 is 0 Å². The molecule has 2 atom stereocenters. The molecule has 3 aliphatic rings. The summed E-state index contributed by atoms with van der Waals surface area (Å²) in [6.45, 7) is 3.59. The third-order valence-corrected chi connectivity index (χ3v) is 8.94. The van der Waals surface area contributed by atoms with Crippen molar-refractivity contribution in [2.45, 2.75) is 87.6 Å². The molecule has 178 valence electrons. The lowest BCUT2D eigenvalue weighted by atomic mass is 9.82. The lowest BCUT2D eigenvalue weighted by Crippen LogP contribution is -2.56. The van der Waals surface area contributed by atoms with Gasteiger partial charge in [0.15, 0.2) is 6.29 Å². The molecule has 32 heavy (non-hydrogen) atoms. The first-order valence-electron chi connectivity index (χ1n) is 12.0. The van der Waals surface area contributed by atoms with Gasteiger partial charge in [-0.05, 0) is 82.4 Å². The number of nitrogens with one attached hydrogen (secondary N) is 2. The summed E-state index contributed by atoms with van der Waals surface area (Å²) in [5.41, 5.74) is 2.38. The first-order valence-corrected chi connectivity index (χ1v) is 13.5. The molecule has 1 aliphatic heterocycles. The smallest absolute Gasteiger partial charge is 0.214 e. The van der Waals surface area contributed by atoms with Crippen LogP contribution >= 0.6 is 0 Å². The van der Waals surface area contributed by atoms with Crippen LogP contribution in [-0.2, 0) is 19.6 Å². The highest BCUT2D eigenvalue weighted by atomic mass is 32.2. The van der Waals surface area contributed by atoms with Crippen LogP contribution < -0.4 is 14.8 Å². The molecule has 1 heterocycles. The molecule has 4 rings (SSSR count). The van der Waals surface area contributed by atoms with E-state index in [0.717, 1.165) is 69.9 Å². The number of aryl methyl sites for hydroxylation is 1. The minimum absolute atomic E-state index is 0.0233. The largest absolute Gasteiger partial charge is 0.486 e. The zero-order valence-electron chi connectivity index (χ0n) is 18.9. The first kappa shape index (κ1) is 23.7. The summed E-state index contributed by atoms with van der Waals surface area (Å²) in [6.07, 6.45) is 8.34. The van der Waals surface area contributed by atoms with Crippen molar-refractivity contribution in [1.82, 2.24) is 10.0 Å². The second-order valence-electron chi connectivity index (χ2n) is 9.50. The van der Waals surface area contributed by atoms with Crippen molar-refractivity contribution in [2.75, 3.05) is 19.8 Å². The standard InChI is InChI=1S/C24H36N2O5S/c1-17-4-11-24(30-14-13-27)21(15-17)18-5-7-19(8-6-18)31-16-23-22(3-2-12-25-23)26-32(28,29)20-9-10-20/h4,11,13,15,18-20,22-23,25-26H,2-3,5-10,12,14,16H2,1H3/t18?,19?,22-,23-/m0/s1. The van der Waals surface area contributed by atoms with Crippen LogP contribution in [0.5, 0.6) is 5.75 Å². The maximum atomic E-state index is 12.4. The Morgan fingerprint density at radius 3 is 2.62 bits per heavy atom. The minimum atomic E-state index is -3.19. The minimum Gasteiger partial charge on any atom is -0.486 e. The van der Waals surface area contributed by atoms with Gasteiger partial charge in [-0.1, -0.05) is 17.7 Å². The lowest BCUT2D eigenvalue weighted by molar-refractivity contribution is -0.109. The van der Waals surface area contributed by atoms with Gasteiger partial charge in [0.1, 0.15) is 12.4 Å². The number of benzene rings is 1. The molecule has 7 nitrogen and oxygen atoms in total. The molecule has 2 N–H and O–H groups in total. The van der Waals surface area contributed by atoms with E-state index < -0.39 is 10.0 Å². The highest BCUT2D eigenvalue weighted by Crippen LogP contribution is 2.39. The molecule has 8 heteroatoms. The molecule has 0 spiro atoms. The molecule has 0 bridgehead atoms. The molecule has 0 aromatic heterocycles. The van der Waals surface area contributed by atoms with Crippen molar-refractivity contribution >= 4 is 16.3 Å². The summed E-state index contributed by atoms with van der Waals surface area (Å²) in [5, 5.41) is 3.27. The normalized spacial score (nSPS) is 28.9. The van der Waals surface area contributed by atoms with Gasteiger partial charge >= 0.3 is 0 Å². The van der Waals surface area contributed by atoms with E-state index in [0.29, 0.717) is 12.5 Å². The Bertz CT molecular complexity index is 878. The van der Waals surface area contributed by atoms with Gasteiger partial charge < -0.3 is 14.8 Å². The van der Waals surface area contributed by atoms with Crippen LogP contribution in [0.2, 0.25) is 0 Å². The zero-order valence-corrected chi connectivity index (χ0v) is 19.7. The van der Waals surface area contributed by atoms with Gasteiger partial charge in [-0.15, -0.1) is 0 Å². The maximum absolute atomic E-state index is 12.4. The number of sulfonamides is 1. The van der Waals surface area contributed by atoms with Crippen LogP contribution in [0.15, 0.2) is 18.2 Å². The Morgan fingerprint density at radius 2 is 1.91 bits per heavy atom. The Hall–Kier alpha value is -1.48. The van der Waals surface area contributed by atoms with E-state index in [1.165, 1.54) is 11.1 Å². The van der Waals surface area contributed by atoms with Gasteiger partial charge in [0, 0.05) is 12.1 Å². The van der Waals surface area contributed by atoms with Crippen LogP contribution in [-0.4, -0.2) is 57.9 Å². The van der Waals surface area contributed by atoms with Gasteiger partial charge in [0.25, 0.3) is 0 Å². The average molecular weight is 465 g/mol. The molecule has 1 saturated heterocycles. The number of piperidine rings is 1. The number of hydrogen-bond acceptors (Lipinski definition) is 6. The van der Waals surface area contributed by atoms with E-state index in [-0.39, 0.29) is 30.0 Å². The quantitative estimate of drug-likeness (QED) is 0.517. The van der Waals surface area contributed by atoms with Crippen LogP contribution in [0.3, 0.4) is 0 Å². The predicted molar refractivity (Wildman–Crippen MR) is 124 cm³/mol. The molecule has 3 fully saturated rings. The van der Waals surface area contributed by atoms with E-state index in [1.54, 1.807) is 0 Å². The van der Waals surface area contributed by atoms with Crippen molar-refractivity contribution in [3.05, 3.63) is 29.3 Å². The number of carbonyl (C=O) groups is 1. The van der Waals surface area contributed by atoms with Gasteiger partial charge in [0.05, 0.1) is 18.0 Å². The molecule has 1 aromatic rings. The molecule has 2 aliphatic carbocycles. The van der Waals surface area contributed by atoms with Gasteiger partial charge in [-0.3, -0.25) is 4.79 Å². The summed E-state index contributed by atoms with van der Waals surface area (Å²) in [5.74, 6) is 1.21. The van der Waals surface area contributed by atoms with Gasteiger partial charge in [-0.2, -0.15) is 0 Å². The van der Waals surface area contributed by atoms with Crippen molar-refractivity contribution < 1.29 is 22.7 Å². The Kier molecular flexibility index (Phi) is 7.87. The van der Waals surface area contributed by atoms with Gasteiger partial charge in [0.2, 0.25) is 10.0 Å². The van der Waals surface area contributed by atoms with Gasteiger partial charge in [-0.25, -0.2) is 13.1 Å². The first-order chi connectivity index (χ1) is 15.5. The molecular formula is C24H36N2O5S. The summed E-state index contributed by atoms with van der Waals surface area (Å²) >= 11 is 0. The molecule has 2 saturated carbocycles. The molecule has 1 aromatic carbocycles. The van der Waals surface area contributed by atoms with Crippen molar-refractivity contribution in [3.8, 4) is 5.75 Å². The molecule has 0 unspecified atom stereocenters. The third-order valence-electron chi connectivity index (χ3n) is 6.96. The number of hydrogen-bond donors (Lipinski definition) is 2. The number of ether oxygens (including phenoxy) is 2. The van der Waals surface area contributed by atoms with Crippen LogP contribution in [0.25, 0.3) is 0 Å². The Morgan fingerprint density at radius 1 is 1.12 bits per heavy atom. The molecule has 0 radical (unpaired) electrons.